The summed E-state index contributed by atoms with van der Waals surface area (Å²) in [5.74, 6) is 0.343. The van der Waals surface area contributed by atoms with Gasteiger partial charge in [0.15, 0.2) is 0 Å². The number of carboxylic acids is 1. The number of aryl methyl sites for hydroxylation is 1. The van der Waals surface area contributed by atoms with Crippen LogP contribution >= 0.6 is 23.1 Å². The molecule has 2 rings (SSSR count). The number of aromatic nitrogens is 1. The van der Waals surface area contributed by atoms with E-state index in [1.807, 2.05) is 18.7 Å². The van der Waals surface area contributed by atoms with Crippen molar-refractivity contribution in [1.29, 1.82) is 0 Å². The normalized spacial score (nSPS) is 20.9. The molecule has 0 saturated carbocycles. The lowest BCUT2D eigenvalue weighted by Gasteiger charge is -2.18. The first-order valence-electron chi connectivity index (χ1n) is 5.57. The van der Waals surface area contributed by atoms with E-state index in [0.717, 1.165) is 17.1 Å². The highest BCUT2D eigenvalue weighted by molar-refractivity contribution is 7.99. The maximum atomic E-state index is 11.0. The molecule has 1 fully saturated rings. The van der Waals surface area contributed by atoms with Gasteiger partial charge in [0.05, 0.1) is 10.9 Å². The molecule has 0 amide bonds. The molecule has 0 aromatic carbocycles. The Morgan fingerprint density at radius 3 is 2.88 bits per heavy atom. The molecule has 0 aliphatic carbocycles. The summed E-state index contributed by atoms with van der Waals surface area (Å²) in [6.07, 6.45) is 4.36. The van der Waals surface area contributed by atoms with Crippen molar-refractivity contribution >= 4 is 29.1 Å². The summed E-state index contributed by atoms with van der Waals surface area (Å²) in [5, 5.41) is 10.5. The van der Waals surface area contributed by atoms with E-state index in [-0.39, 0.29) is 0 Å². The van der Waals surface area contributed by atoms with Crippen LogP contribution in [0.25, 0.3) is 0 Å². The van der Waals surface area contributed by atoms with Crippen LogP contribution in [0.15, 0.2) is 0 Å². The summed E-state index contributed by atoms with van der Waals surface area (Å²) in [7, 11) is 0. The molecule has 1 aromatic heterocycles. The topological polar surface area (TPSA) is 50.2 Å². The molecule has 0 spiro atoms. The largest absolute Gasteiger partial charge is 0.477 e. The molecule has 1 saturated heterocycles. The average Bonchev–Trinajstić information content (AvgIpc) is 2.74. The summed E-state index contributed by atoms with van der Waals surface area (Å²) >= 11 is 3.28. The molecule has 1 unspecified atom stereocenters. The Hall–Kier alpha value is -0.550. The molecule has 1 aliphatic rings. The Balaban J connectivity index is 2.24. The molecule has 0 bridgehead atoms. The van der Waals surface area contributed by atoms with Crippen molar-refractivity contribution in [3.63, 3.8) is 0 Å². The number of thioether (sulfide) groups is 1. The molecule has 1 aromatic rings. The first kappa shape index (κ1) is 11.9. The van der Waals surface area contributed by atoms with E-state index >= 15 is 0 Å². The second-order valence-corrected chi connectivity index (χ2v) is 6.18. The number of thiazole rings is 1. The zero-order chi connectivity index (χ0) is 11.5. The number of hydrogen-bond donors (Lipinski definition) is 1. The highest BCUT2D eigenvalue weighted by Gasteiger charge is 2.23. The van der Waals surface area contributed by atoms with Crippen LogP contribution in [0, 0.1) is 0 Å². The Morgan fingerprint density at radius 2 is 2.38 bits per heavy atom. The summed E-state index contributed by atoms with van der Waals surface area (Å²) in [4.78, 5) is 16.0. The number of nitrogens with zero attached hydrogens (tertiary/aromatic N) is 1. The summed E-state index contributed by atoms with van der Waals surface area (Å²) in [5.41, 5.74) is 0.749. The Kier molecular flexibility index (Phi) is 3.86. The van der Waals surface area contributed by atoms with Crippen LogP contribution in [0.2, 0.25) is 0 Å². The highest BCUT2D eigenvalue weighted by atomic mass is 32.2. The van der Waals surface area contributed by atoms with Gasteiger partial charge in [0, 0.05) is 0 Å². The second kappa shape index (κ2) is 5.19. The van der Waals surface area contributed by atoms with Crippen molar-refractivity contribution in [2.24, 2.45) is 0 Å². The summed E-state index contributed by atoms with van der Waals surface area (Å²) < 4.78 is 0. The fraction of sp³-hybridized carbons (Fsp3) is 0.636. The van der Waals surface area contributed by atoms with Gasteiger partial charge in [0.2, 0.25) is 0 Å². The quantitative estimate of drug-likeness (QED) is 0.902. The van der Waals surface area contributed by atoms with Gasteiger partial charge in [-0.2, -0.15) is 11.8 Å². The Labute approximate surface area is 103 Å². The predicted molar refractivity (Wildman–Crippen MR) is 67.5 cm³/mol. The first-order valence-corrected chi connectivity index (χ1v) is 7.43. The van der Waals surface area contributed by atoms with E-state index in [1.165, 1.54) is 29.9 Å². The Morgan fingerprint density at radius 1 is 1.56 bits per heavy atom. The third-order valence-electron chi connectivity index (χ3n) is 2.70. The van der Waals surface area contributed by atoms with Gasteiger partial charge in [-0.25, -0.2) is 9.78 Å². The lowest BCUT2D eigenvalue weighted by atomic mass is 10.2. The minimum absolute atomic E-state index is 0.428. The number of hydrogen-bond acceptors (Lipinski definition) is 4. The van der Waals surface area contributed by atoms with Gasteiger partial charge in [-0.15, -0.1) is 11.3 Å². The van der Waals surface area contributed by atoms with E-state index in [0.29, 0.717) is 16.5 Å². The Bertz CT molecular complexity index is 383. The van der Waals surface area contributed by atoms with Crippen LogP contribution in [0.3, 0.4) is 0 Å². The van der Waals surface area contributed by atoms with Gasteiger partial charge in [0.25, 0.3) is 0 Å². The standard InChI is InChI=1S/C11H15NO2S2/c1-2-7-9(11(13)14)16-10(12-7)8-5-3-4-6-15-8/h8H,2-6H2,1H3,(H,13,14). The minimum Gasteiger partial charge on any atom is -0.477 e. The third kappa shape index (κ3) is 2.40. The number of rotatable bonds is 3. The van der Waals surface area contributed by atoms with Crippen LogP contribution in [0.5, 0.6) is 0 Å². The molecule has 1 aliphatic heterocycles. The third-order valence-corrected chi connectivity index (χ3v) is 5.43. The fourth-order valence-corrected chi connectivity index (χ4v) is 4.39. The van der Waals surface area contributed by atoms with Crippen LogP contribution < -0.4 is 0 Å². The van der Waals surface area contributed by atoms with E-state index in [4.69, 9.17) is 5.11 Å². The van der Waals surface area contributed by atoms with E-state index in [2.05, 4.69) is 4.98 Å². The number of aromatic carboxylic acids is 1. The van der Waals surface area contributed by atoms with Crippen LogP contribution in [0.4, 0.5) is 0 Å². The van der Waals surface area contributed by atoms with Crippen molar-refractivity contribution < 1.29 is 9.90 Å². The molecule has 5 heteroatoms. The zero-order valence-electron chi connectivity index (χ0n) is 9.23. The monoisotopic (exact) mass is 257 g/mol. The molecular weight excluding hydrogens is 242 g/mol. The van der Waals surface area contributed by atoms with Crippen LogP contribution in [-0.4, -0.2) is 21.8 Å². The van der Waals surface area contributed by atoms with E-state index < -0.39 is 5.97 Å². The van der Waals surface area contributed by atoms with Gasteiger partial charge in [-0.05, 0) is 25.0 Å². The molecule has 88 valence electrons. The smallest absolute Gasteiger partial charge is 0.347 e. The van der Waals surface area contributed by atoms with Crippen molar-refractivity contribution in [2.45, 2.75) is 37.9 Å². The number of carbonyl (C=O) groups is 1. The summed E-state index contributed by atoms with van der Waals surface area (Å²) in [6, 6.07) is 0. The molecule has 1 N–H and O–H groups in total. The lowest BCUT2D eigenvalue weighted by molar-refractivity contribution is 0.0701. The first-order chi connectivity index (χ1) is 7.72. The van der Waals surface area contributed by atoms with Gasteiger partial charge < -0.3 is 5.11 Å². The van der Waals surface area contributed by atoms with Crippen molar-refractivity contribution in [2.75, 3.05) is 5.75 Å². The van der Waals surface area contributed by atoms with Gasteiger partial charge in [-0.3, -0.25) is 0 Å². The molecular formula is C11H15NO2S2. The molecule has 1 atom stereocenters. The number of carboxylic acid groups (broad SMARTS) is 1. The molecule has 2 heterocycles. The molecule has 3 nitrogen and oxygen atoms in total. The van der Waals surface area contributed by atoms with Gasteiger partial charge in [0.1, 0.15) is 9.88 Å². The van der Waals surface area contributed by atoms with Crippen molar-refractivity contribution in [1.82, 2.24) is 4.98 Å². The van der Waals surface area contributed by atoms with E-state index in [1.54, 1.807) is 0 Å². The highest BCUT2D eigenvalue weighted by Crippen LogP contribution is 2.40. The predicted octanol–water partition coefficient (Wildman–Crippen LogP) is 3.36. The minimum atomic E-state index is -0.832. The SMILES string of the molecule is CCc1nc(C2CCCCS2)sc1C(=O)O. The fourth-order valence-electron chi connectivity index (χ4n) is 1.85. The van der Waals surface area contributed by atoms with Crippen LogP contribution in [-0.2, 0) is 6.42 Å². The van der Waals surface area contributed by atoms with Crippen molar-refractivity contribution in [3.05, 3.63) is 15.6 Å². The zero-order valence-corrected chi connectivity index (χ0v) is 10.9. The average molecular weight is 257 g/mol. The van der Waals surface area contributed by atoms with Gasteiger partial charge in [-0.1, -0.05) is 13.3 Å². The molecule has 16 heavy (non-hydrogen) atoms. The second-order valence-electron chi connectivity index (χ2n) is 3.84. The maximum Gasteiger partial charge on any atom is 0.347 e. The lowest BCUT2D eigenvalue weighted by Crippen LogP contribution is -2.01. The van der Waals surface area contributed by atoms with Crippen LogP contribution in [0.1, 0.15) is 51.8 Å². The molecule has 0 radical (unpaired) electrons. The summed E-state index contributed by atoms with van der Waals surface area (Å²) in [6.45, 7) is 1.96. The van der Waals surface area contributed by atoms with E-state index in [9.17, 15) is 4.79 Å². The maximum absolute atomic E-state index is 11.0. The van der Waals surface area contributed by atoms with Gasteiger partial charge >= 0.3 is 5.97 Å². The van der Waals surface area contributed by atoms with Crippen molar-refractivity contribution in [3.8, 4) is 0 Å².